The van der Waals surface area contributed by atoms with Crippen molar-refractivity contribution in [2.45, 2.75) is 44.3 Å². The van der Waals surface area contributed by atoms with Crippen molar-refractivity contribution in [2.24, 2.45) is 0 Å². The Morgan fingerprint density at radius 1 is 1.06 bits per heavy atom. The topological polar surface area (TPSA) is 128 Å². The molecule has 1 aliphatic heterocycles. The summed E-state index contributed by atoms with van der Waals surface area (Å²) in [6.45, 7) is 3.44. The van der Waals surface area contributed by atoms with Crippen LogP contribution in [-0.2, 0) is 9.47 Å². The normalized spacial score (nSPS) is 23.5. The van der Waals surface area contributed by atoms with E-state index in [0.29, 0.717) is 28.7 Å². The van der Waals surface area contributed by atoms with Crippen molar-refractivity contribution in [1.82, 2.24) is 19.5 Å². The van der Waals surface area contributed by atoms with Gasteiger partial charge in [0.1, 0.15) is 18.0 Å². The Kier molecular flexibility index (Phi) is 6.21. The molecule has 36 heavy (non-hydrogen) atoms. The largest absolute Gasteiger partial charge is 0.453 e. The van der Waals surface area contributed by atoms with Gasteiger partial charge in [0.05, 0.1) is 11.9 Å². The molecule has 0 spiro atoms. The van der Waals surface area contributed by atoms with Crippen LogP contribution in [0.4, 0.5) is 5.82 Å². The highest BCUT2D eigenvalue weighted by Gasteiger charge is 2.55. The third kappa shape index (κ3) is 4.21. The van der Waals surface area contributed by atoms with E-state index in [1.165, 1.54) is 12.7 Å². The molecule has 10 heteroatoms. The molecule has 1 aliphatic rings. The van der Waals surface area contributed by atoms with Crippen LogP contribution < -0.4 is 5.32 Å². The van der Waals surface area contributed by atoms with Crippen LogP contribution in [0.1, 0.15) is 47.2 Å². The van der Waals surface area contributed by atoms with E-state index < -0.39 is 30.0 Å². The van der Waals surface area contributed by atoms with Crippen LogP contribution in [-0.4, -0.2) is 54.3 Å². The van der Waals surface area contributed by atoms with E-state index in [-0.39, 0.29) is 11.7 Å². The van der Waals surface area contributed by atoms with Gasteiger partial charge in [-0.15, -0.1) is 0 Å². The Hall–Kier alpha value is -4.15. The molecule has 10 nitrogen and oxygen atoms in total. The first-order valence-electron chi connectivity index (χ1n) is 11.6. The lowest BCUT2D eigenvalue weighted by Crippen LogP contribution is -2.46. The Bertz CT molecular complexity index is 1390. The maximum Gasteiger partial charge on any atom is 0.338 e. The third-order valence-corrected chi connectivity index (χ3v) is 6.24. The van der Waals surface area contributed by atoms with Crippen LogP contribution in [0, 0.1) is 0 Å². The van der Waals surface area contributed by atoms with Gasteiger partial charge in [0.2, 0.25) is 0 Å². The summed E-state index contributed by atoms with van der Waals surface area (Å²) in [4.78, 5) is 38.3. The lowest BCUT2D eigenvalue weighted by Gasteiger charge is -2.30. The van der Waals surface area contributed by atoms with E-state index in [4.69, 9.17) is 9.47 Å². The number of esters is 1. The summed E-state index contributed by atoms with van der Waals surface area (Å²) in [5.74, 6) is -0.662. The van der Waals surface area contributed by atoms with Gasteiger partial charge in [-0.3, -0.25) is 9.36 Å². The number of nitrogens with zero attached hydrogens (tertiary/aromatic N) is 4. The molecule has 2 unspecified atom stereocenters. The Balaban J connectivity index is 1.44. The molecule has 2 aromatic heterocycles. The van der Waals surface area contributed by atoms with E-state index in [1.54, 1.807) is 66.1 Å². The molecule has 0 aliphatic carbocycles. The number of carbonyl (C=O) groups excluding carboxylic acids is 2. The van der Waals surface area contributed by atoms with E-state index in [9.17, 15) is 14.7 Å². The molecule has 2 aromatic carbocycles. The number of imidazole rings is 1. The summed E-state index contributed by atoms with van der Waals surface area (Å²) in [5, 5.41) is 14.3. The molecule has 2 N–H and O–H groups in total. The second kappa shape index (κ2) is 9.48. The van der Waals surface area contributed by atoms with Crippen molar-refractivity contribution in [3.63, 3.8) is 0 Å². The summed E-state index contributed by atoms with van der Waals surface area (Å²) >= 11 is 0. The van der Waals surface area contributed by atoms with Crippen molar-refractivity contribution < 1.29 is 24.2 Å². The number of carbonyl (C=O) groups is 2. The monoisotopic (exact) mass is 487 g/mol. The molecule has 1 saturated heterocycles. The SMILES string of the molecule is CC[C@H]1O[C@@H](n2cnc3c(NC(=O)c4ccccc4)ncnc32)C(C)(O)C1OC(=O)c1ccccc1. The molecule has 3 heterocycles. The lowest BCUT2D eigenvalue weighted by molar-refractivity contribution is -0.0972. The highest BCUT2D eigenvalue weighted by Crippen LogP contribution is 2.42. The van der Waals surface area contributed by atoms with Crippen LogP contribution in [0.25, 0.3) is 11.2 Å². The van der Waals surface area contributed by atoms with Crippen LogP contribution >= 0.6 is 0 Å². The molecule has 1 fully saturated rings. The highest BCUT2D eigenvalue weighted by atomic mass is 16.6. The number of benzene rings is 2. The number of aromatic nitrogens is 4. The van der Waals surface area contributed by atoms with Crippen LogP contribution in [0.5, 0.6) is 0 Å². The Morgan fingerprint density at radius 2 is 1.72 bits per heavy atom. The fourth-order valence-electron chi connectivity index (χ4n) is 4.39. The molecule has 184 valence electrons. The predicted octanol–water partition coefficient (Wildman–Crippen LogP) is 3.36. The van der Waals surface area contributed by atoms with Gasteiger partial charge < -0.3 is 19.9 Å². The number of ether oxygens (including phenoxy) is 2. The molecule has 1 amide bonds. The van der Waals surface area contributed by atoms with Gasteiger partial charge in [0, 0.05) is 5.56 Å². The smallest absolute Gasteiger partial charge is 0.338 e. The number of hydrogen-bond donors (Lipinski definition) is 2. The predicted molar refractivity (Wildman–Crippen MR) is 130 cm³/mol. The summed E-state index contributed by atoms with van der Waals surface area (Å²) in [5.41, 5.74) is -0.0646. The first-order chi connectivity index (χ1) is 17.4. The lowest BCUT2D eigenvalue weighted by atomic mass is 9.95. The first-order valence-corrected chi connectivity index (χ1v) is 11.6. The summed E-state index contributed by atoms with van der Waals surface area (Å²) in [6.07, 6.45) is 0.818. The summed E-state index contributed by atoms with van der Waals surface area (Å²) in [7, 11) is 0. The summed E-state index contributed by atoms with van der Waals surface area (Å²) in [6, 6.07) is 17.3. The minimum atomic E-state index is -1.60. The van der Waals surface area contributed by atoms with Crippen molar-refractivity contribution >= 4 is 28.9 Å². The third-order valence-electron chi connectivity index (χ3n) is 6.24. The number of fused-ring (bicyclic) bond motifs is 1. The minimum absolute atomic E-state index is 0.226. The fraction of sp³-hybridized carbons (Fsp3) is 0.269. The van der Waals surface area contributed by atoms with Gasteiger partial charge in [-0.25, -0.2) is 19.7 Å². The zero-order valence-electron chi connectivity index (χ0n) is 19.7. The number of amides is 1. The van der Waals surface area contributed by atoms with Gasteiger partial charge in [-0.1, -0.05) is 43.3 Å². The van der Waals surface area contributed by atoms with E-state index >= 15 is 0 Å². The van der Waals surface area contributed by atoms with Crippen LogP contribution in [0.2, 0.25) is 0 Å². The number of aliphatic hydroxyl groups is 1. The maximum atomic E-state index is 12.8. The number of anilines is 1. The van der Waals surface area contributed by atoms with Gasteiger partial charge >= 0.3 is 5.97 Å². The first kappa shape index (κ1) is 23.6. The Labute approximate surface area is 206 Å². The van der Waals surface area contributed by atoms with Gasteiger partial charge in [-0.2, -0.15) is 0 Å². The molecule has 0 radical (unpaired) electrons. The van der Waals surface area contributed by atoms with Gasteiger partial charge in [-0.05, 0) is 37.6 Å². The fourth-order valence-corrected chi connectivity index (χ4v) is 4.39. The van der Waals surface area contributed by atoms with Crippen LogP contribution in [0.15, 0.2) is 73.3 Å². The van der Waals surface area contributed by atoms with Crippen LogP contribution in [0.3, 0.4) is 0 Å². The quantitative estimate of drug-likeness (QED) is 0.396. The second-order valence-corrected chi connectivity index (χ2v) is 8.72. The van der Waals surface area contributed by atoms with E-state index in [2.05, 4.69) is 20.3 Å². The average Bonchev–Trinajstić information content (AvgIpc) is 3.43. The molecular weight excluding hydrogens is 462 g/mol. The van der Waals surface area contributed by atoms with E-state index in [1.807, 2.05) is 13.0 Å². The molecule has 0 bridgehead atoms. The van der Waals surface area contributed by atoms with Crippen molar-refractivity contribution in [1.29, 1.82) is 0 Å². The standard InChI is InChI=1S/C26H25N5O5/c1-3-18-20(36-24(33)17-12-8-5-9-13-17)26(2,34)25(35-18)31-15-29-19-21(27-14-28-22(19)31)30-23(32)16-10-6-4-7-11-16/h4-15,18,20,25,34H,3H2,1-2H3,(H,27,28,30,32)/t18-,20?,25-,26?/m1/s1. The minimum Gasteiger partial charge on any atom is -0.453 e. The molecule has 5 rings (SSSR count). The van der Waals surface area contributed by atoms with Crippen molar-refractivity contribution in [3.8, 4) is 0 Å². The van der Waals surface area contributed by atoms with E-state index in [0.717, 1.165) is 0 Å². The number of rotatable bonds is 6. The maximum absolute atomic E-state index is 12.8. The molecule has 4 aromatic rings. The molecule has 0 saturated carbocycles. The zero-order valence-corrected chi connectivity index (χ0v) is 19.7. The van der Waals surface area contributed by atoms with Crippen molar-refractivity contribution in [2.75, 3.05) is 5.32 Å². The second-order valence-electron chi connectivity index (χ2n) is 8.72. The zero-order chi connectivity index (χ0) is 25.3. The molecule has 4 atom stereocenters. The average molecular weight is 488 g/mol. The molecular formula is C26H25N5O5. The Morgan fingerprint density at radius 3 is 2.39 bits per heavy atom. The van der Waals surface area contributed by atoms with Gasteiger partial charge in [0.25, 0.3) is 5.91 Å². The van der Waals surface area contributed by atoms with Gasteiger partial charge in [0.15, 0.2) is 29.3 Å². The number of nitrogens with one attached hydrogen (secondary N) is 1. The summed E-state index contributed by atoms with van der Waals surface area (Å²) < 4.78 is 13.5. The highest BCUT2D eigenvalue weighted by molar-refractivity contribution is 6.06. The van der Waals surface area contributed by atoms with Crippen molar-refractivity contribution in [3.05, 3.63) is 84.4 Å². The number of hydrogen-bond acceptors (Lipinski definition) is 8.